The number of unbranched alkanes of at least 4 members (excludes halogenated alkanes) is 3. The SMILES string of the molecule is CCCCS(=O)(=O)O.Cc1cc(F)c2c(c1)C(C)(C)/C(=C\C=C\c1cc(C(C)(C)C)oc3cc(=[N+](C)C)ccc1-3)N2CCCCCC(=O)O. The molecule has 0 aromatic heterocycles. The van der Waals surface area contributed by atoms with Crippen molar-refractivity contribution < 1.29 is 31.7 Å². The Morgan fingerprint density at radius 2 is 1.76 bits per heavy atom. The molecule has 2 N–H and O–H groups in total. The first-order chi connectivity index (χ1) is 22.8. The maximum Gasteiger partial charge on any atom is 0.303 e. The Labute approximate surface area is 291 Å². The van der Waals surface area contributed by atoms with E-state index < -0.39 is 21.5 Å². The Hall–Kier alpha value is -3.76. The van der Waals surface area contributed by atoms with Crippen molar-refractivity contribution in [3.8, 4) is 11.3 Å². The summed E-state index contributed by atoms with van der Waals surface area (Å²) >= 11 is 0. The Kier molecular flexibility index (Phi) is 13.2. The molecule has 0 fully saturated rings. The number of hydrogen-bond donors (Lipinski definition) is 2. The summed E-state index contributed by atoms with van der Waals surface area (Å²) in [6, 6.07) is 12.1. The highest BCUT2D eigenvalue weighted by atomic mass is 32.2. The topological polar surface area (TPSA) is 111 Å². The third-order valence-electron chi connectivity index (χ3n) is 8.68. The zero-order valence-electron chi connectivity index (χ0n) is 30.6. The van der Waals surface area contributed by atoms with Crippen molar-refractivity contribution in [2.45, 2.75) is 97.8 Å². The summed E-state index contributed by atoms with van der Waals surface area (Å²) in [6.07, 6.45) is 9.95. The third kappa shape index (κ3) is 10.6. The predicted octanol–water partition coefficient (Wildman–Crippen LogP) is 8.18. The number of benzene rings is 2. The number of rotatable bonds is 11. The van der Waals surface area contributed by atoms with Crippen LogP contribution in [-0.4, -0.2) is 50.4 Å². The van der Waals surface area contributed by atoms with E-state index in [1.165, 1.54) is 0 Å². The molecule has 0 saturated heterocycles. The Morgan fingerprint density at radius 3 is 2.33 bits per heavy atom. The number of allylic oxidation sites excluding steroid dienone is 3. The zero-order chi connectivity index (χ0) is 36.7. The quantitative estimate of drug-likeness (QED) is 0.118. The van der Waals surface area contributed by atoms with Gasteiger partial charge in [0.1, 0.15) is 31.4 Å². The number of nitrogens with zero attached hydrogens (tertiary/aromatic N) is 2. The van der Waals surface area contributed by atoms with Gasteiger partial charge in [0.2, 0.25) is 5.36 Å². The van der Waals surface area contributed by atoms with Gasteiger partial charge in [-0.2, -0.15) is 8.42 Å². The van der Waals surface area contributed by atoms with E-state index in [1.807, 2.05) is 27.9 Å². The van der Waals surface area contributed by atoms with Crippen LogP contribution in [0.15, 0.2) is 58.7 Å². The highest BCUT2D eigenvalue weighted by molar-refractivity contribution is 7.85. The third-order valence-corrected chi connectivity index (χ3v) is 9.48. The molecule has 0 amide bonds. The van der Waals surface area contributed by atoms with Gasteiger partial charge in [-0.25, -0.2) is 8.97 Å². The van der Waals surface area contributed by atoms with Gasteiger partial charge in [0.05, 0.1) is 17.5 Å². The lowest BCUT2D eigenvalue weighted by molar-refractivity contribution is -0.137. The molecular weight excluding hydrogens is 644 g/mol. The summed E-state index contributed by atoms with van der Waals surface area (Å²) in [5.41, 5.74) is 5.09. The van der Waals surface area contributed by atoms with E-state index in [4.69, 9.17) is 14.1 Å². The van der Waals surface area contributed by atoms with Crippen LogP contribution in [0.4, 0.5) is 10.1 Å². The van der Waals surface area contributed by atoms with Gasteiger partial charge in [-0.1, -0.05) is 72.6 Å². The Morgan fingerprint density at radius 1 is 1.06 bits per heavy atom. The molecule has 0 saturated carbocycles. The minimum atomic E-state index is -3.69. The van der Waals surface area contributed by atoms with E-state index >= 15 is 4.39 Å². The number of fused-ring (bicyclic) bond motifs is 2. The van der Waals surface area contributed by atoms with Crippen molar-refractivity contribution in [3.63, 3.8) is 0 Å². The van der Waals surface area contributed by atoms with Gasteiger partial charge in [-0.3, -0.25) is 9.35 Å². The van der Waals surface area contributed by atoms with Gasteiger partial charge < -0.3 is 14.4 Å². The number of carboxylic acids is 1. The second-order valence-electron chi connectivity index (χ2n) is 14.6. The van der Waals surface area contributed by atoms with Crippen molar-refractivity contribution in [1.29, 1.82) is 0 Å². The molecule has 1 aromatic rings. The Bertz CT molecular complexity index is 1840. The minimum Gasteiger partial charge on any atom is -0.481 e. The Balaban J connectivity index is 0.000000723. The number of aryl methyl sites for hydroxylation is 1. The standard InChI is InChI=1S/C35H43FN2O3.C4H10O3S/c1-23-19-27-33(28(36)20-23)38(18-11-9-10-15-32(39)40)30(35(27,5)6)14-12-13-24-21-31(34(2,3)4)41-29-22-25(37(7)8)16-17-26(24)29;1-2-3-4-8(5,6)7/h12-14,16-17,19-22H,9-11,15,18H2,1-8H3;2-4H2,1H3,(H,5,6,7)/p+1. The second kappa shape index (κ2) is 16.3. The summed E-state index contributed by atoms with van der Waals surface area (Å²) < 4.78 is 51.9. The number of anilines is 1. The van der Waals surface area contributed by atoms with Crippen LogP contribution in [0, 0.1) is 12.7 Å². The average molecular weight is 698 g/mol. The molecule has 2 aliphatic heterocycles. The monoisotopic (exact) mass is 697 g/mol. The van der Waals surface area contributed by atoms with Crippen molar-refractivity contribution in [2.24, 2.45) is 0 Å². The van der Waals surface area contributed by atoms with Crippen molar-refractivity contribution in [1.82, 2.24) is 4.58 Å². The number of halogens is 1. The average Bonchev–Trinajstić information content (AvgIpc) is 3.20. The number of aliphatic carboxylic acids is 1. The fourth-order valence-corrected chi connectivity index (χ4v) is 6.54. The van der Waals surface area contributed by atoms with Crippen LogP contribution in [0.5, 0.6) is 0 Å². The van der Waals surface area contributed by atoms with Crippen LogP contribution in [0.3, 0.4) is 0 Å². The van der Waals surface area contributed by atoms with E-state index in [2.05, 4.69) is 92.7 Å². The van der Waals surface area contributed by atoms with Crippen molar-refractivity contribution in [3.05, 3.63) is 87.9 Å². The molecule has 0 unspecified atom stereocenters. The number of carbonyl (C=O) groups is 1. The molecule has 49 heavy (non-hydrogen) atoms. The summed E-state index contributed by atoms with van der Waals surface area (Å²) in [4.78, 5) is 13.0. The van der Waals surface area contributed by atoms with Crippen LogP contribution < -0.4 is 14.8 Å². The summed E-state index contributed by atoms with van der Waals surface area (Å²) in [7, 11) is 0.352. The summed E-state index contributed by atoms with van der Waals surface area (Å²) in [5, 5.41) is 10.1. The molecule has 1 aromatic carbocycles. The molecule has 10 heteroatoms. The molecule has 4 rings (SSSR count). The highest BCUT2D eigenvalue weighted by Crippen LogP contribution is 2.49. The fraction of sp³-hybridized carbons (Fsp3) is 0.487. The fourth-order valence-electron chi connectivity index (χ4n) is 5.89. The van der Waals surface area contributed by atoms with Gasteiger partial charge >= 0.3 is 5.97 Å². The van der Waals surface area contributed by atoms with E-state index in [1.54, 1.807) is 6.07 Å². The smallest absolute Gasteiger partial charge is 0.303 e. The van der Waals surface area contributed by atoms with Gasteiger partial charge in [0.25, 0.3) is 10.1 Å². The normalized spacial score (nSPS) is 15.1. The largest absolute Gasteiger partial charge is 0.481 e. The molecule has 8 nitrogen and oxygen atoms in total. The summed E-state index contributed by atoms with van der Waals surface area (Å²) in [5.74, 6) is 0.642. The van der Waals surface area contributed by atoms with Gasteiger partial charge in [0, 0.05) is 41.1 Å². The second-order valence-corrected chi connectivity index (χ2v) is 16.1. The maximum absolute atomic E-state index is 15.4. The first kappa shape index (κ1) is 39.7. The van der Waals surface area contributed by atoms with E-state index in [-0.39, 0.29) is 23.4 Å². The first-order valence-electron chi connectivity index (χ1n) is 17.0. The molecule has 0 radical (unpaired) electrons. The lowest BCUT2D eigenvalue weighted by Gasteiger charge is -2.27. The maximum atomic E-state index is 15.4. The number of hydrogen-bond acceptors (Lipinski definition) is 5. The first-order valence-corrected chi connectivity index (χ1v) is 18.6. The number of carboxylic acid groups (broad SMARTS) is 1. The molecule has 1 aliphatic carbocycles. The van der Waals surface area contributed by atoms with Crippen LogP contribution in [0.1, 0.15) is 103 Å². The lowest BCUT2D eigenvalue weighted by atomic mass is 9.83. The summed E-state index contributed by atoms with van der Waals surface area (Å²) in [6.45, 7) is 15.1. The molecule has 0 spiro atoms. The van der Waals surface area contributed by atoms with Gasteiger partial charge in [-0.15, -0.1) is 0 Å². The molecule has 0 bridgehead atoms. The van der Waals surface area contributed by atoms with Gasteiger partial charge in [0.15, 0.2) is 0 Å². The zero-order valence-corrected chi connectivity index (χ0v) is 31.4. The van der Waals surface area contributed by atoms with Crippen LogP contribution >= 0.6 is 0 Å². The van der Waals surface area contributed by atoms with Crippen LogP contribution in [-0.2, 0) is 25.7 Å². The van der Waals surface area contributed by atoms with E-state index in [0.29, 0.717) is 25.1 Å². The van der Waals surface area contributed by atoms with Gasteiger partial charge in [-0.05, 0) is 67.2 Å². The van der Waals surface area contributed by atoms with E-state index in [0.717, 1.165) is 64.1 Å². The van der Waals surface area contributed by atoms with Crippen LogP contribution in [0.2, 0.25) is 0 Å². The van der Waals surface area contributed by atoms with Crippen molar-refractivity contribution >= 4 is 27.9 Å². The van der Waals surface area contributed by atoms with E-state index in [9.17, 15) is 13.2 Å². The molecular formula is C39H54FN2O6S+. The molecule has 2 heterocycles. The minimum absolute atomic E-state index is 0.108. The molecule has 3 aliphatic rings. The lowest BCUT2D eigenvalue weighted by Crippen LogP contribution is -2.27. The van der Waals surface area contributed by atoms with Crippen molar-refractivity contribution in [2.75, 3.05) is 31.3 Å². The molecule has 0 atom stereocenters. The molecule has 268 valence electrons. The predicted molar refractivity (Wildman–Crippen MR) is 197 cm³/mol. The highest BCUT2D eigenvalue weighted by Gasteiger charge is 2.41. The van der Waals surface area contributed by atoms with Crippen LogP contribution in [0.25, 0.3) is 17.4 Å².